The van der Waals surface area contributed by atoms with Gasteiger partial charge in [0.15, 0.2) is 8.32 Å². The standard InChI is InChI=1S/C15H29NO5Si/c1-7-10-20-14(19)16-12(13(17)18)9-8-11-21-22(5,6)15(2,3)4/h7,12H,1,8-11H2,2-6H3,(H,16,19)(H,17,18)/t12-/m0/s1. The van der Waals surface area contributed by atoms with Crippen molar-refractivity contribution in [2.45, 2.75) is 57.8 Å². The van der Waals surface area contributed by atoms with Crippen molar-refractivity contribution in [2.24, 2.45) is 0 Å². The van der Waals surface area contributed by atoms with E-state index in [4.69, 9.17) is 14.3 Å². The molecule has 6 nitrogen and oxygen atoms in total. The second-order valence-corrected chi connectivity index (χ2v) is 11.5. The van der Waals surface area contributed by atoms with E-state index in [0.717, 1.165) is 0 Å². The van der Waals surface area contributed by atoms with Crippen LogP contribution in [0.15, 0.2) is 12.7 Å². The number of ether oxygens (including phenoxy) is 1. The molecule has 2 N–H and O–H groups in total. The van der Waals surface area contributed by atoms with Crippen LogP contribution in [0.1, 0.15) is 33.6 Å². The highest BCUT2D eigenvalue weighted by atomic mass is 28.4. The average molecular weight is 331 g/mol. The normalized spacial score (nSPS) is 13.3. The molecule has 0 saturated carbocycles. The minimum Gasteiger partial charge on any atom is -0.480 e. The number of hydrogen-bond acceptors (Lipinski definition) is 4. The molecule has 22 heavy (non-hydrogen) atoms. The molecule has 0 radical (unpaired) electrons. The summed E-state index contributed by atoms with van der Waals surface area (Å²) in [5, 5.41) is 11.6. The number of carboxylic acids is 1. The molecule has 0 aromatic rings. The Morgan fingerprint density at radius 1 is 1.36 bits per heavy atom. The SMILES string of the molecule is C=CCOC(=O)N[C@@H](CCCO[Si](C)(C)C(C)(C)C)C(=O)O. The number of nitrogens with one attached hydrogen (secondary N) is 1. The van der Waals surface area contributed by atoms with Gasteiger partial charge in [-0.3, -0.25) is 0 Å². The van der Waals surface area contributed by atoms with Crippen LogP contribution in [0, 0.1) is 0 Å². The number of rotatable bonds is 9. The summed E-state index contributed by atoms with van der Waals surface area (Å²) in [6.45, 7) is 14.7. The molecule has 0 unspecified atom stereocenters. The Bertz CT molecular complexity index is 390. The van der Waals surface area contributed by atoms with E-state index in [1.165, 1.54) is 6.08 Å². The Morgan fingerprint density at radius 3 is 2.41 bits per heavy atom. The molecule has 0 aromatic carbocycles. The van der Waals surface area contributed by atoms with Gasteiger partial charge in [0.05, 0.1) is 0 Å². The van der Waals surface area contributed by atoms with E-state index < -0.39 is 26.4 Å². The molecule has 0 bridgehead atoms. The first-order valence-electron chi connectivity index (χ1n) is 7.42. The maximum atomic E-state index is 11.4. The van der Waals surface area contributed by atoms with Gasteiger partial charge in [-0.2, -0.15) is 0 Å². The maximum absolute atomic E-state index is 11.4. The van der Waals surface area contributed by atoms with E-state index in [2.05, 4.69) is 45.8 Å². The first-order chi connectivity index (χ1) is 10.0. The number of amides is 1. The van der Waals surface area contributed by atoms with Gasteiger partial charge in [-0.25, -0.2) is 9.59 Å². The number of hydrogen-bond donors (Lipinski definition) is 2. The van der Waals surface area contributed by atoms with Crippen molar-refractivity contribution in [3.63, 3.8) is 0 Å². The lowest BCUT2D eigenvalue weighted by Crippen LogP contribution is -2.42. The van der Waals surface area contributed by atoms with Crippen molar-refractivity contribution in [3.05, 3.63) is 12.7 Å². The van der Waals surface area contributed by atoms with Crippen LogP contribution in [0.2, 0.25) is 18.1 Å². The molecular weight excluding hydrogens is 302 g/mol. The van der Waals surface area contributed by atoms with Gasteiger partial charge in [0.2, 0.25) is 0 Å². The predicted molar refractivity (Wildman–Crippen MR) is 88.5 cm³/mol. The summed E-state index contributed by atoms with van der Waals surface area (Å²) >= 11 is 0. The zero-order chi connectivity index (χ0) is 17.4. The van der Waals surface area contributed by atoms with Crippen molar-refractivity contribution in [1.29, 1.82) is 0 Å². The molecule has 0 heterocycles. The number of carboxylic acid groups (broad SMARTS) is 1. The average Bonchev–Trinajstić information content (AvgIpc) is 2.38. The number of aliphatic carboxylic acids is 1. The highest BCUT2D eigenvalue weighted by Crippen LogP contribution is 2.36. The van der Waals surface area contributed by atoms with Gasteiger partial charge in [-0.15, -0.1) is 0 Å². The lowest BCUT2D eigenvalue weighted by Gasteiger charge is -2.36. The Morgan fingerprint density at radius 2 is 1.95 bits per heavy atom. The quantitative estimate of drug-likeness (QED) is 0.385. The summed E-state index contributed by atoms with van der Waals surface area (Å²) < 4.78 is 10.7. The predicted octanol–water partition coefficient (Wildman–Crippen LogP) is 3.15. The fraction of sp³-hybridized carbons (Fsp3) is 0.733. The Labute approximate surface area is 134 Å². The molecular formula is C15H29NO5Si. The topological polar surface area (TPSA) is 84.9 Å². The Kier molecular flexibility index (Phi) is 8.40. The molecule has 0 aliphatic carbocycles. The monoisotopic (exact) mass is 331 g/mol. The van der Waals surface area contributed by atoms with E-state index in [1.807, 2.05) is 0 Å². The Hall–Kier alpha value is -1.34. The zero-order valence-electron chi connectivity index (χ0n) is 14.3. The molecule has 0 spiro atoms. The van der Waals surface area contributed by atoms with Gasteiger partial charge >= 0.3 is 12.1 Å². The van der Waals surface area contributed by atoms with Crippen LogP contribution in [-0.4, -0.2) is 44.7 Å². The van der Waals surface area contributed by atoms with Gasteiger partial charge in [0.25, 0.3) is 0 Å². The molecule has 0 aliphatic heterocycles. The molecule has 1 atom stereocenters. The van der Waals surface area contributed by atoms with Crippen LogP contribution in [0.4, 0.5) is 4.79 Å². The number of carbonyl (C=O) groups excluding carboxylic acids is 1. The van der Waals surface area contributed by atoms with Crippen LogP contribution in [0.25, 0.3) is 0 Å². The first-order valence-corrected chi connectivity index (χ1v) is 10.3. The molecule has 0 aromatic heterocycles. The van der Waals surface area contributed by atoms with Gasteiger partial charge in [0, 0.05) is 6.61 Å². The maximum Gasteiger partial charge on any atom is 0.408 e. The third-order valence-electron chi connectivity index (χ3n) is 3.83. The molecule has 7 heteroatoms. The Balaban J connectivity index is 4.25. The summed E-state index contributed by atoms with van der Waals surface area (Å²) in [7, 11) is -1.82. The van der Waals surface area contributed by atoms with E-state index in [1.54, 1.807) is 0 Å². The van der Waals surface area contributed by atoms with E-state index in [-0.39, 0.29) is 11.6 Å². The van der Waals surface area contributed by atoms with E-state index in [9.17, 15) is 9.59 Å². The molecule has 0 fully saturated rings. The summed E-state index contributed by atoms with van der Waals surface area (Å²) in [6.07, 6.45) is 1.53. The third kappa shape index (κ3) is 7.60. The van der Waals surface area contributed by atoms with Crippen LogP contribution in [0.5, 0.6) is 0 Å². The molecule has 1 amide bonds. The highest BCUT2D eigenvalue weighted by molar-refractivity contribution is 6.74. The second kappa shape index (κ2) is 8.95. The summed E-state index contributed by atoms with van der Waals surface area (Å²) in [5.41, 5.74) is 0. The third-order valence-corrected chi connectivity index (χ3v) is 8.37. The first kappa shape index (κ1) is 20.7. The highest BCUT2D eigenvalue weighted by Gasteiger charge is 2.36. The van der Waals surface area contributed by atoms with Crippen molar-refractivity contribution in [2.75, 3.05) is 13.2 Å². The van der Waals surface area contributed by atoms with Gasteiger partial charge in [-0.1, -0.05) is 33.4 Å². The fourth-order valence-corrected chi connectivity index (χ4v) is 2.49. The lowest BCUT2D eigenvalue weighted by molar-refractivity contribution is -0.139. The number of carbonyl (C=O) groups is 2. The van der Waals surface area contributed by atoms with Gasteiger partial charge in [-0.05, 0) is 31.0 Å². The van der Waals surface area contributed by atoms with Gasteiger partial charge < -0.3 is 19.6 Å². The molecule has 0 saturated heterocycles. The van der Waals surface area contributed by atoms with Crippen LogP contribution >= 0.6 is 0 Å². The zero-order valence-corrected chi connectivity index (χ0v) is 15.3. The molecule has 0 rings (SSSR count). The van der Waals surface area contributed by atoms with E-state index in [0.29, 0.717) is 19.4 Å². The van der Waals surface area contributed by atoms with Crippen molar-refractivity contribution in [3.8, 4) is 0 Å². The van der Waals surface area contributed by atoms with Crippen molar-refractivity contribution >= 4 is 20.4 Å². The van der Waals surface area contributed by atoms with Crippen molar-refractivity contribution in [1.82, 2.24) is 5.32 Å². The molecule has 0 aliphatic rings. The van der Waals surface area contributed by atoms with Crippen LogP contribution in [-0.2, 0) is 14.0 Å². The van der Waals surface area contributed by atoms with Crippen LogP contribution in [0.3, 0.4) is 0 Å². The summed E-state index contributed by atoms with van der Waals surface area (Å²) in [6, 6.07) is -0.972. The number of alkyl carbamates (subject to hydrolysis) is 1. The van der Waals surface area contributed by atoms with E-state index >= 15 is 0 Å². The smallest absolute Gasteiger partial charge is 0.408 e. The summed E-state index contributed by atoms with van der Waals surface area (Å²) in [5.74, 6) is -1.08. The minimum atomic E-state index is -1.82. The fourth-order valence-electron chi connectivity index (χ4n) is 1.41. The van der Waals surface area contributed by atoms with Crippen molar-refractivity contribution < 1.29 is 23.9 Å². The summed E-state index contributed by atoms with van der Waals surface area (Å²) in [4.78, 5) is 22.5. The van der Waals surface area contributed by atoms with Crippen LogP contribution < -0.4 is 5.32 Å². The molecule has 128 valence electrons. The second-order valence-electron chi connectivity index (χ2n) is 6.67. The minimum absolute atomic E-state index is 0.0483. The lowest BCUT2D eigenvalue weighted by atomic mass is 10.1. The van der Waals surface area contributed by atoms with Gasteiger partial charge in [0.1, 0.15) is 12.6 Å². The largest absolute Gasteiger partial charge is 0.480 e.